The van der Waals surface area contributed by atoms with Gasteiger partial charge < -0.3 is 4.90 Å². The van der Waals surface area contributed by atoms with E-state index in [4.69, 9.17) is 12.2 Å². The Morgan fingerprint density at radius 3 is 2.48 bits per heavy atom. The number of nitrogens with one attached hydrogen (secondary N) is 1. The van der Waals surface area contributed by atoms with Gasteiger partial charge in [0.05, 0.1) is 6.21 Å². The minimum atomic E-state index is -0.262. The molecular formula is C18H18FN5S. The zero-order valence-corrected chi connectivity index (χ0v) is 14.8. The minimum Gasteiger partial charge on any atom is -0.378 e. The molecule has 1 aromatic heterocycles. The standard InChI is InChI=1S/C18H18FN5S/c1-23(2)16-9-5-14(6-10-16)12-20-24-17(21-22-18(24)25)11-13-3-7-15(19)8-4-13/h3-10,12H,11H2,1-2H3,(H,22,25)/b20-12-. The van der Waals surface area contributed by atoms with Crippen LogP contribution in [0.3, 0.4) is 0 Å². The zero-order valence-electron chi connectivity index (χ0n) is 14.0. The van der Waals surface area contributed by atoms with Crippen LogP contribution in [0.25, 0.3) is 0 Å². The first-order chi connectivity index (χ1) is 12.0. The Balaban J connectivity index is 1.81. The molecule has 3 aromatic rings. The van der Waals surface area contributed by atoms with Crippen LogP contribution < -0.4 is 4.90 Å². The topological polar surface area (TPSA) is 49.2 Å². The number of anilines is 1. The predicted molar refractivity (Wildman–Crippen MR) is 100 cm³/mol. The second-order valence-electron chi connectivity index (χ2n) is 5.79. The maximum atomic E-state index is 13.0. The molecule has 0 amide bonds. The largest absolute Gasteiger partial charge is 0.378 e. The third kappa shape index (κ3) is 4.19. The van der Waals surface area contributed by atoms with Crippen LogP contribution in [0.2, 0.25) is 0 Å². The van der Waals surface area contributed by atoms with Crippen LogP contribution in [-0.4, -0.2) is 35.2 Å². The van der Waals surface area contributed by atoms with Crippen molar-refractivity contribution >= 4 is 24.1 Å². The van der Waals surface area contributed by atoms with Gasteiger partial charge in [-0.2, -0.15) is 14.9 Å². The molecule has 0 atom stereocenters. The second-order valence-corrected chi connectivity index (χ2v) is 6.18. The lowest BCUT2D eigenvalue weighted by atomic mass is 10.1. The quantitative estimate of drug-likeness (QED) is 0.562. The Hall–Kier alpha value is -2.80. The summed E-state index contributed by atoms with van der Waals surface area (Å²) in [5, 5.41) is 11.4. The lowest BCUT2D eigenvalue weighted by Crippen LogP contribution is -2.08. The van der Waals surface area contributed by atoms with Crippen molar-refractivity contribution in [3.63, 3.8) is 0 Å². The van der Waals surface area contributed by atoms with E-state index in [0.29, 0.717) is 17.0 Å². The van der Waals surface area contributed by atoms with Gasteiger partial charge in [0.2, 0.25) is 4.77 Å². The van der Waals surface area contributed by atoms with E-state index in [-0.39, 0.29) is 5.82 Å². The summed E-state index contributed by atoms with van der Waals surface area (Å²) in [6.07, 6.45) is 2.24. The normalized spacial score (nSPS) is 11.2. The van der Waals surface area contributed by atoms with E-state index in [1.165, 1.54) is 12.1 Å². The number of halogens is 1. The van der Waals surface area contributed by atoms with E-state index < -0.39 is 0 Å². The molecule has 0 bridgehead atoms. The number of aromatic nitrogens is 3. The van der Waals surface area contributed by atoms with Crippen molar-refractivity contribution in [1.82, 2.24) is 14.9 Å². The van der Waals surface area contributed by atoms with Gasteiger partial charge in [-0.3, -0.25) is 5.10 Å². The molecule has 7 heteroatoms. The van der Waals surface area contributed by atoms with Crippen LogP contribution in [-0.2, 0) is 6.42 Å². The third-order valence-electron chi connectivity index (χ3n) is 3.72. The van der Waals surface area contributed by atoms with E-state index in [2.05, 4.69) is 15.3 Å². The summed E-state index contributed by atoms with van der Waals surface area (Å²) in [6, 6.07) is 14.3. The van der Waals surface area contributed by atoms with Crippen molar-refractivity contribution in [3.8, 4) is 0 Å². The van der Waals surface area contributed by atoms with Crippen molar-refractivity contribution in [2.24, 2.45) is 5.10 Å². The van der Waals surface area contributed by atoms with Crippen molar-refractivity contribution in [3.05, 3.63) is 76.1 Å². The monoisotopic (exact) mass is 355 g/mol. The molecule has 3 rings (SSSR count). The number of benzene rings is 2. The van der Waals surface area contributed by atoms with Gasteiger partial charge in [-0.15, -0.1) is 0 Å². The van der Waals surface area contributed by atoms with Gasteiger partial charge in [0.25, 0.3) is 0 Å². The lowest BCUT2D eigenvalue weighted by molar-refractivity contribution is 0.627. The molecule has 1 heterocycles. The summed E-state index contributed by atoms with van der Waals surface area (Å²) in [5.41, 5.74) is 3.01. The summed E-state index contributed by atoms with van der Waals surface area (Å²) in [4.78, 5) is 2.04. The highest BCUT2D eigenvalue weighted by Gasteiger charge is 2.06. The minimum absolute atomic E-state index is 0.262. The van der Waals surface area contributed by atoms with E-state index in [1.807, 2.05) is 43.3 Å². The average molecular weight is 355 g/mol. The summed E-state index contributed by atoms with van der Waals surface area (Å²) >= 11 is 5.24. The molecule has 0 spiro atoms. The first kappa shape index (κ1) is 17.0. The first-order valence-corrected chi connectivity index (χ1v) is 8.16. The van der Waals surface area contributed by atoms with Crippen LogP contribution in [0.15, 0.2) is 53.6 Å². The Bertz CT molecular complexity index is 923. The lowest BCUT2D eigenvalue weighted by Gasteiger charge is -2.11. The number of H-pyrrole nitrogens is 1. The molecule has 0 saturated heterocycles. The number of hydrogen-bond donors (Lipinski definition) is 1. The highest BCUT2D eigenvalue weighted by atomic mass is 32.1. The second kappa shape index (κ2) is 7.40. The molecule has 0 unspecified atom stereocenters. The first-order valence-electron chi connectivity index (χ1n) is 7.75. The van der Waals surface area contributed by atoms with Crippen LogP contribution in [0, 0.1) is 10.6 Å². The molecule has 1 N–H and O–H groups in total. The van der Waals surface area contributed by atoms with E-state index in [0.717, 1.165) is 16.8 Å². The fourth-order valence-electron chi connectivity index (χ4n) is 2.33. The molecule has 128 valence electrons. The summed E-state index contributed by atoms with van der Waals surface area (Å²) in [5.74, 6) is 0.402. The summed E-state index contributed by atoms with van der Waals surface area (Å²) in [6.45, 7) is 0. The summed E-state index contributed by atoms with van der Waals surface area (Å²) < 4.78 is 15.0. The van der Waals surface area contributed by atoms with Crippen LogP contribution in [0.4, 0.5) is 10.1 Å². The Morgan fingerprint density at radius 1 is 1.16 bits per heavy atom. The van der Waals surface area contributed by atoms with Crippen molar-refractivity contribution in [1.29, 1.82) is 0 Å². The molecule has 0 radical (unpaired) electrons. The van der Waals surface area contributed by atoms with Crippen molar-refractivity contribution in [2.75, 3.05) is 19.0 Å². The number of hydrogen-bond acceptors (Lipinski definition) is 4. The van der Waals surface area contributed by atoms with E-state index >= 15 is 0 Å². The van der Waals surface area contributed by atoms with Gasteiger partial charge in [0, 0.05) is 26.2 Å². The maximum absolute atomic E-state index is 13.0. The molecule has 25 heavy (non-hydrogen) atoms. The fraction of sp³-hybridized carbons (Fsp3) is 0.167. The molecule has 2 aromatic carbocycles. The Labute approximate surface area is 150 Å². The molecule has 0 aliphatic rings. The zero-order chi connectivity index (χ0) is 17.8. The van der Waals surface area contributed by atoms with Gasteiger partial charge in [-0.1, -0.05) is 24.3 Å². The number of aromatic amines is 1. The van der Waals surface area contributed by atoms with Gasteiger partial charge in [0.1, 0.15) is 5.82 Å². The fourth-order valence-corrected chi connectivity index (χ4v) is 2.52. The highest BCUT2D eigenvalue weighted by Crippen LogP contribution is 2.12. The molecule has 5 nitrogen and oxygen atoms in total. The van der Waals surface area contributed by atoms with Gasteiger partial charge >= 0.3 is 0 Å². The third-order valence-corrected chi connectivity index (χ3v) is 3.99. The molecule has 0 fully saturated rings. The van der Waals surface area contributed by atoms with E-state index in [9.17, 15) is 4.39 Å². The SMILES string of the molecule is CN(C)c1ccc(/C=N\n2c(Cc3ccc(F)cc3)n[nH]c2=S)cc1. The van der Waals surface area contributed by atoms with Gasteiger partial charge in [-0.05, 0) is 47.6 Å². The molecule has 0 aliphatic heterocycles. The predicted octanol–water partition coefficient (Wildman–Crippen LogP) is 3.62. The van der Waals surface area contributed by atoms with Gasteiger partial charge in [0.15, 0.2) is 5.82 Å². The summed E-state index contributed by atoms with van der Waals surface area (Å²) in [7, 11) is 3.99. The van der Waals surface area contributed by atoms with Crippen LogP contribution >= 0.6 is 12.2 Å². The Morgan fingerprint density at radius 2 is 1.84 bits per heavy atom. The van der Waals surface area contributed by atoms with Crippen LogP contribution in [0.5, 0.6) is 0 Å². The number of nitrogens with zero attached hydrogens (tertiary/aromatic N) is 4. The molecule has 0 saturated carbocycles. The average Bonchev–Trinajstić information content (AvgIpc) is 2.95. The Kier molecular flexibility index (Phi) is 5.04. The van der Waals surface area contributed by atoms with Crippen LogP contribution in [0.1, 0.15) is 17.0 Å². The maximum Gasteiger partial charge on any atom is 0.216 e. The van der Waals surface area contributed by atoms with Crippen molar-refractivity contribution in [2.45, 2.75) is 6.42 Å². The molecule has 0 aliphatic carbocycles. The molecular weight excluding hydrogens is 337 g/mol. The van der Waals surface area contributed by atoms with Crippen molar-refractivity contribution < 1.29 is 4.39 Å². The van der Waals surface area contributed by atoms with E-state index in [1.54, 1.807) is 23.0 Å². The number of rotatable bonds is 5. The smallest absolute Gasteiger partial charge is 0.216 e. The highest BCUT2D eigenvalue weighted by molar-refractivity contribution is 7.71. The van der Waals surface area contributed by atoms with Gasteiger partial charge in [-0.25, -0.2) is 4.39 Å².